The lowest BCUT2D eigenvalue weighted by Crippen LogP contribution is -2.49. The molecule has 7 rings (SSSR count). The van der Waals surface area contributed by atoms with E-state index in [1.165, 1.54) is 38.5 Å². The fourth-order valence-electron chi connectivity index (χ4n) is 8.11. The van der Waals surface area contributed by atoms with Gasteiger partial charge in [0, 0.05) is 43.8 Å². The lowest BCUT2D eigenvalue weighted by atomic mass is 9.46. The molecule has 178 valence electrons. The third-order valence-electron chi connectivity index (χ3n) is 9.76. The zero-order valence-corrected chi connectivity index (χ0v) is 20.1. The highest BCUT2D eigenvalue weighted by Crippen LogP contribution is 2.63. The molecular formula is C29H39NO3. The van der Waals surface area contributed by atoms with Gasteiger partial charge in [0.25, 0.3) is 0 Å². The first-order valence-electron chi connectivity index (χ1n) is 13.6. The van der Waals surface area contributed by atoms with Gasteiger partial charge >= 0.3 is 0 Å². The molecule has 0 radical (unpaired) electrons. The Morgan fingerprint density at radius 1 is 1.00 bits per heavy atom. The van der Waals surface area contributed by atoms with Gasteiger partial charge in [-0.15, -0.1) is 0 Å². The van der Waals surface area contributed by atoms with Crippen LogP contribution in [0.5, 0.6) is 5.75 Å². The molecule has 6 fully saturated rings. The molecule has 1 aromatic carbocycles. The molecule has 4 heteroatoms. The molecule has 4 bridgehead atoms. The standard InChI is InChI=1S/C29H39NO3/c1-19(29-16-20-12-21(17-29)14-22(13-20)18-29)11-27(31)24-3-2-4-26(15-24)33-25-7-9-30(10-8-25)28(32)23-5-6-23/h2-4,15,19-23,25H,5-14,16-18H2,1H3. The van der Waals surface area contributed by atoms with Crippen molar-refractivity contribution in [1.82, 2.24) is 4.90 Å². The van der Waals surface area contributed by atoms with Crippen LogP contribution in [-0.4, -0.2) is 35.8 Å². The number of Topliss-reactive ketones (excluding diaryl/α,β-unsaturated/α-hetero) is 1. The molecule has 5 saturated carbocycles. The Labute approximate surface area is 198 Å². The van der Waals surface area contributed by atoms with Crippen molar-refractivity contribution in [2.45, 2.75) is 83.7 Å². The minimum atomic E-state index is 0.129. The molecule has 33 heavy (non-hydrogen) atoms. The first-order valence-corrected chi connectivity index (χ1v) is 13.6. The Morgan fingerprint density at radius 3 is 2.24 bits per heavy atom. The van der Waals surface area contributed by atoms with Gasteiger partial charge in [-0.25, -0.2) is 0 Å². The number of piperidine rings is 1. The molecule has 4 nitrogen and oxygen atoms in total. The van der Waals surface area contributed by atoms with Gasteiger partial charge in [0.15, 0.2) is 5.78 Å². The molecule has 6 aliphatic rings. The van der Waals surface area contributed by atoms with E-state index in [-0.39, 0.29) is 11.9 Å². The molecule has 1 saturated heterocycles. The van der Waals surface area contributed by atoms with Crippen molar-refractivity contribution < 1.29 is 14.3 Å². The molecular weight excluding hydrogens is 410 g/mol. The second kappa shape index (κ2) is 8.43. The lowest BCUT2D eigenvalue weighted by molar-refractivity contribution is -0.134. The molecule has 1 amide bonds. The zero-order valence-electron chi connectivity index (χ0n) is 20.1. The predicted octanol–water partition coefficient (Wildman–Crippen LogP) is 5.89. The van der Waals surface area contributed by atoms with Crippen molar-refractivity contribution in [3.63, 3.8) is 0 Å². The summed E-state index contributed by atoms with van der Waals surface area (Å²) >= 11 is 0. The smallest absolute Gasteiger partial charge is 0.225 e. The lowest BCUT2D eigenvalue weighted by Gasteiger charge is -2.59. The normalized spacial score (nSPS) is 34.3. The number of hydrogen-bond donors (Lipinski definition) is 0. The second-order valence-corrected chi connectivity index (χ2v) is 12.3. The van der Waals surface area contributed by atoms with E-state index in [1.807, 2.05) is 29.2 Å². The number of carbonyl (C=O) groups excluding carboxylic acids is 2. The van der Waals surface area contributed by atoms with E-state index in [4.69, 9.17) is 4.74 Å². The van der Waals surface area contributed by atoms with Gasteiger partial charge in [0.2, 0.25) is 5.91 Å². The summed E-state index contributed by atoms with van der Waals surface area (Å²) in [4.78, 5) is 27.6. The van der Waals surface area contributed by atoms with Gasteiger partial charge in [-0.2, -0.15) is 0 Å². The van der Waals surface area contributed by atoms with Gasteiger partial charge in [-0.05, 0) is 92.6 Å². The van der Waals surface area contributed by atoms with E-state index in [0.29, 0.717) is 29.6 Å². The number of hydrogen-bond acceptors (Lipinski definition) is 3. The Bertz CT molecular complexity index is 876. The van der Waals surface area contributed by atoms with Crippen LogP contribution in [0.4, 0.5) is 0 Å². The summed E-state index contributed by atoms with van der Waals surface area (Å²) in [6.45, 7) is 3.94. The van der Waals surface area contributed by atoms with Gasteiger partial charge in [-0.3, -0.25) is 9.59 Å². The van der Waals surface area contributed by atoms with E-state index in [0.717, 1.165) is 67.8 Å². The third-order valence-corrected chi connectivity index (χ3v) is 9.76. The average Bonchev–Trinajstić information content (AvgIpc) is 3.64. The summed E-state index contributed by atoms with van der Waals surface area (Å²) in [5.74, 6) is 4.96. The molecule has 1 aromatic rings. The highest BCUT2D eigenvalue weighted by molar-refractivity contribution is 5.96. The number of ketones is 1. The van der Waals surface area contributed by atoms with Crippen LogP contribution < -0.4 is 4.74 Å². The average molecular weight is 450 g/mol. The van der Waals surface area contributed by atoms with Crippen molar-refractivity contribution in [2.24, 2.45) is 35.0 Å². The van der Waals surface area contributed by atoms with Crippen LogP contribution in [0.3, 0.4) is 0 Å². The van der Waals surface area contributed by atoms with E-state index in [2.05, 4.69) is 6.92 Å². The maximum absolute atomic E-state index is 13.3. The van der Waals surface area contributed by atoms with Crippen LogP contribution in [0.2, 0.25) is 0 Å². The fraction of sp³-hybridized carbons (Fsp3) is 0.724. The Hall–Kier alpha value is -1.84. The topological polar surface area (TPSA) is 46.6 Å². The number of carbonyl (C=O) groups is 2. The maximum atomic E-state index is 13.3. The largest absolute Gasteiger partial charge is 0.490 e. The van der Waals surface area contributed by atoms with E-state index >= 15 is 0 Å². The van der Waals surface area contributed by atoms with E-state index in [9.17, 15) is 9.59 Å². The molecule has 0 spiro atoms. The SMILES string of the molecule is CC(CC(=O)c1cccc(OC2CCN(C(=O)C3CC3)CC2)c1)C12CC3CC(CC(C3)C1)C2. The first kappa shape index (κ1) is 21.7. The van der Waals surface area contributed by atoms with Crippen molar-refractivity contribution in [1.29, 1.82) is 0 Å². The summed E-state index contributed by atoms with van der Waals surface area (Å²) < 4.78 is 6.27. The highest BCUT2D eigenvalue weighted by atomic mass is 16.5. The molecule has 0 N–H and O–H groups in total. The number of amides is 1. The van der Waals surface area contributed by atoms with Crippen molar-refractivity contribution in [3.8, 4) is 5.75 Å². The van der Waals surface area contributed by atoms with Crippen LogP contribution in [-0.2, 0) is 4.79 Å². The molecule has 1 aliphatic heterocycles. The molecule has 1 heterocycles. The van der Waals surface area contributed by atoms with Crippen LogP contribution >= 0.6 is 0 Å². The number of ether oxygens (including phenoxy) is 1. The number of benzene rings is 1. The quantitative estimate of drug-likeness (QED) is 0.488. The van der Waals surface area contributed by atoms with Crippen molar-refractivity contribution >= 4 is 11.7 Å². The van der Waals surface area contributed by atoms with Gasteiger partial charge in [0.1, 0.15) is 11.9 Å². The van der Waals surface area contributed by atoms with Crippen LogP contribution in [0.15, 0.2) is 24.3 Å². The molecule has 1 unspecified atom stereocenters. The zero-order chi connectivity index (χ0) is 22.6. The van der Waals surface area contributed by atoms with Gasteiger partial charge < -0.3 is 9.64 Å². The third kappa shape index (κ3) is 4.35. The summed E-state index contributed by atoms with van der Waals surface area (Å²) in [5.41, 5.74) is 1.22. The molecule has 0 aromatic heterocycles. The fourth-order valence-corrected chi connectivity index (χ4v) is 8.11. The monoisotopic (exact) mass is 449 g/mol. The highest BCUT2D eigenvalue weighted by Gasteiger charge is 2.53. The second-order valence-electron chi connectivity index (χ2n) is 12.3. The van der Waals surface area contributed by atoms with Crippen LogP contribution in [0.1, 0.15) is 87.9 Å². The van der Waals surface area contributed by atoms with E-state index < -0.39 is 0 Å². The number of rotatable bonds is 7. The van der Waals surface area contributed by atoms with Crippen molar-refractivity contribution in [2.75, 3.05) is 13.1 Å². The Balaban J connectivity index is 1.05. The first-order chi connectivity index (χ1) is 16.0. The van der Waals surface area contributed by atoms with Crippen LogP contribution in [0, 0.1) is 35.0 Å². The Kier molecular flexibility index (Phi) is 5.54. The minimum Gasteiger partial charge on any atom is -0.490 e. The minimum absolute atomic E-state index is 0.129. The summed E-state index contributed by atoms with van der Waals surface area (Å²) in [6, 6.07) is 7.85. The number of nitrogens with zero attached hydrogens (tertiary/aromatic N) is 1. The summed E-state index contributed by atoms with van der Waals surface area (Å²) in [6.07, 6.45) is 13.1. The summed E-state index contributed by atoms with van der Waals surface area (Å²) in [5, 5.41) is 0. The van der Waals surface area contributed by atoms with Crippen molar-refractivity contribution in [3.05, 3.63) is 29.8 Å². The predicted molar refractivity (Wildman–Crippen MR) is 128 cm³/mol. The summed E-state index contributed by atoms with van der Waals surface area (Å²) in [7, 11) is 0. The van der Waals surface area contributed by atoms with Crippen LogP contribution in [0.25, 0.3) is 0 Å². The molecule has 1 atom stereocenters. The van der Waals surface area contributed by atoms with E-state index in [1.54, 1.807) is 0 Å². The Morgan fingerprint density at radius 2 is 1.64 bits per heavy atom. The molecule has 5 aliphatic carbocycles. The van der Waals surface area contributed by atoms with Gasteiger partial charge in [0.05, 0.1) is 0 Å². The maximum Gasteiger partial charge on any atom is 0.225 e. The van der Waals surface area contributed by atoms with Gasteiger partial charge in [-0.1, -0.05) is 19.1 Å². The number of likely N-dealkylation sites (tertiary alicyclic amines) is 1.